The van der Waals surface area contributed by atoms with Crippen molar-refractivity contribution in [2.75, 3.05) is 32.7 Å². The quantitative estimate of drug-likeness (QED) is 0.0168. The molecule has 2 rings (SSSR count). The van der Waals surface area contributed by atoms with E-state index >= 15 is 0 Å². The number of carboxylic acid groups (broad SMARTS) is 1. The Morgan fingerprint density at radius 3 is 1.29 bits per heavy atom. The predicted molar refractivity (Wildman–Crippen MR) is 320 cm³/mol. The van der Waals surface area contributed by atoms with Gasteiger partial charge in [-0.15, -0.1) is 0 Å². The van der Waals surface area contributed by atoms with Gasteiger partial charge in [0.1, 0.15) is 48.3 Å². The number of rotatable bonds is 39. The summed E-state index contributed by atoms with van der Waals surface area (Å²) in [5.74, 6) is -10.0. The van der Waals surface area contributed by atoms with Crippen LogP contribution in [0.1, 0.15) is 98.0 Å². The molecule has 0 radical (unpaired) electrons. The van der Waals surface area contributed by atoms with Crippen LogP contribution in [0.15, 0.2) is 50.4 Å². The first-order valence-electron chi connectivity index (χ1n) is 27.8. The van der Waals surface area contributed by atoms with Crippen LogP contribution in [0.2, 0.25) is 0 Å². The Labute approximate surface area is 492 Å². The molecule has 1 heterocycles. The fourth-order valence-corrected chi connectivity index (χ4v) is 8.55. The number of aromatic amines is 1. The number of nitrogens with two attached hydrogens (primary N) is 9. The van der Waals surface area contributed by atoms with Crippen LogP contribution < -0.4 is 94.1 Å². The van der Waals surface area contributed by atoms with Crippen LogP contribution in [-0.2, 0) is 49.6 Å². The van der Waals surface area contributed by atoms with Crippen LogP contribution in [0.4, 0.5) is 0 Å². The van der Waals surface area contributed by atoms with Gasteiger partial charge in [0.25, 0.3) is 0 Å². The fraction of sp³-hybridized carbons (Fsp3) is 0.596. The van der Waals surface area contributed by atoms with E-state index in [2.05, 4.69) is 67.5 Å². The second-order valence-electron chi connectivity index (χ2n) is 20.9. The number of aliphatic imine (C=N–C) groups is 4. The SMILES string of the molecule is CC(C)C[C@H](NC(=O)[C@H](CCCN=C(N)N)NC(=O)[C@H](CCCN=C(N)N)NC(=O)[C@H](CCCN=C(N)N)NC(=O)CN)C(=O)N[C@H](C(=O)N[C@@H](Cc1c[nH]c2ccccc12)C(=O)N[C@H](C(=O)N[C@@H](CCCN=C(N)N)C(=O)O)[C@@H](C)O)C(C)C. The molecule has 0 saturated carbocycles. The number of aliphatic hydroxyl groups excluding tert-OH is 1. The Bertz CT molecular complexity index is 2660. The molecule has 1 aromatic heterocycles. The third-order valence-electron chi connectivity index (χ3n) is 12.9. The van der Waals surface area contributed by atoms with E-state index in [4.69, 9.17) is 51.6 Å². The molecule has 8 amide bonds. The standard InChI is InChI=1S/C52H90N22O11/c1-26(2)22-36(71-43(79)34(16-10-20-64-51(58)59)69-42(78)33(15-9-19-63-50(56)57)68-41(77)32(67-38(76)24-53)14-8-18-62-49(54)55)44(80)73-39(27(3)4)46(82)72-37(23-29-25-66-31-13-7-6-12-30(29)31)45(81)74-40(28(5)75)47(83)70-35(48(84)85)17-11-21-65-52(60)61/h6-7,12-13,25-28,32-37,39-40,66,75H,8-11,14-24,53H2,1-5H3,(H,67,76)(H,68,77)(H,69,78)(H,70,83)(H,71,79)(H,72,82)(H,73,80)(H,74,81)(H,84,85)(H4,54,55,62)(H4,56,57,63)(H4,58,59,64)(H4,60,61,65)/t28-,32+,33+,34+,35+,36+,37+,39+,40+/m1/s1. The molecule has 33 nitrogen and oxygen atoms in total. The summed E-state index contributed by atoms with van der Waals surface area (Å²) in [6.45, 7) is 7.77. The summed E-state index contributed by atoms with van der Waals surface area (Å²) in [5.41, 5.74) is 50.5. The number of benzene rings is 1. The molecule has 474 valence electrons. The second kappa shape index (κ2) is 37.2. The average Bonchev–Trinajstić information content (AvgIpc) is 3.35. The Hall–Kier alpha value is -9.01. The third-order valence-corrected chi connectivity index (χ3v) is 12.9. The minimum Gasteiger partial charge on any atom is -0.480 e. The van der Waals surface area contributed by atoms with E-state index in [0.29, 0.717) is 16.5 Å². The van der Waals surface area contributed by atoms with Gasteiger partial charge in [-0.2, -0.15) is 0 Å². The maximum absolute atomic E-state index is 14.5. The second-order valence-corrected chi connectivity index (χ2v) is 20.9. The lowest BCUT2D eigenvalue weighted by Gasteiger charge is -2.30. The number of nitrogens with zero attached hydrogens (tertiary/aromatic N) is 4. The molecule has 33 heteroatoms. The van der Waals surface area contributed by atoms with Gasteiger partial charge in [0.05, 0.1) is 12.6 Å². The minimum absolute atomic E-state index is 0.00857. The molecule has 0 unspecified atom stereocenters. The Morgan fingerprint density at radius 1 is 0.494 bits per heavy atom. The maximum atomic E-state index is 14.5. The van der Waals surface area contributed by atoms with Crippen molar-refractivity contribution >= 4 is 88.0 Å². The molecule has 9 atom stereocenters. The van der Waals surface area contributed by atoms with Crippen molar-refractivity contribution in [3.63, 3.8) is 0 Å². The zero-order valence-electron chi connectivity index (χ0n) is 48.9. The number of amides is 8. The lowest BCUT2D eigenvalue weighted by molar-refractivity contribution is -0.143. The largest absolute Gasteiger partial charge is 0.480 e. The van der Waals surface area contributed by atoms with Gasteiger partial charge in [-0.05, 0) is 88.2 Å². The number of aromatic nitrogens is 1. The van der Waals surface area contributed by atoms with Gasteiger partial charge in [0.2, 0.25) is 47.3 Å². The lowest BCUT2D eigenvalue weighted by Crippen LogP contribution is -2.62. The van der Waals surface area contributed by atoms with Crippen molar-refractivity contribution in [3.8, 4) is 0 Å². The smallest absolute Gasteiger partial charge is 0.326 e. The van der Waals surface area contributed by atoms with E-state index < -0.39 is 120 Å². The molecule has 0 aliphatic rings. The molecule has 0 aliphatic heterocycles. The molecule has 2 aromatic rings. The van der Waals surface area contributed by atoms with Crippen molar-refractivity contribution in [3.05, 3.63) is 36.0 Å². The van der Waals surface area contributed by atoms with Gasteiger partial charge in [0, 0.05) is 49.7 Å². The van der Waals surface area contributed by atoms with E-state index in [1.807, 2.05) is 0 Å². The van der Waals surface area contributed by atoms with Crippen molar-refractivity contribution in [1.29, 1.82) is 0 Å². The highest BCUT2D eigenvalue weighted by Crippen LogP contribution is 2.20. The topological polar surface area (TPSA) is 590 Å². The Kier molecular flexibility index (Phi) is 31.6. The van der Waals surface area contributed by atoms with Gasteiger partial charge < -0.3 is 109 Å². The van der Waals surface area contributed by atoms with E-state index in [0.717, 1.165) is 0 Å². The number of H-pyrrole nitrogens is 1. The molecule has 0 saturated heterocycles. The Balaban J connectivity index is 2.55. The third kappa shape index (κ3) is 27.3. The highest BCUT2D eigenvalue weighted by Gasteiger charge is 2.37. The van der Waals surface area contributed by atoms with Crippen molar-refractivity contribution in [2.45, 2.75) is 153 Å². The number of aliphatic carboxylic acids is 1. The van der Waals surface area contributed by atoms with Gasteiger partial charge >= 0.3 is 5.97 Å². The highest BCUT2D eigenvalue weighted by molar-refractivity contribution is 5.98. The molecule has 85 heavy (non-hydrogen) atoms. The number of aliphatic hydroxyl groups is 1. The van der Waals surface area contributed by atoms with E-state index in [1.54, 1.807) is 58.2 Å². The number of para-hydroxylation sites is 1. The number of carbonyl (C=O) groups excluding carboxylic acids is 8. The van der Waals surface area contributed by atoms with E-state index in [9.17, 15) is 53.4 Å². The van der Waals surface area contributed by atoms with Crippen LogP contribution in [0.5, 0.6) is 0 Å². The molecule has 0 spiro atoms. The normalized spacial score (nSPS) is 14.2. The first-order valence-corrected chi connectivity index (χ1v) is 27.8. The van der Waals surface area contributed by atoms with Crippen molar-refractivity contribution in [2.24, 2.45) is 83.4 Å². The summed E-state index contributed by atoms with van der Waals surface area (Å²) >= 11 is 0. The number of carbonyl (C=O) groups is 9. The zero-order valence-corrected chi connectivity index (χ0v) is 48.9. The van der Waals surface area contributed by atoms with Crippen LogP contribution in [0, 0.1) is 11.8 Å². The lowest BCUT2D eigenvalue weighted by atomic mass is 9.98. The highest BCUT2D eigenvalue weighted by atomic mass is 16.4. The Morgan fingerprint density at radius 2 is 0.871 bits per heavy atom. The molecule has 29 N–H and O–H groups in total. The first kappa shape index (κ1) is 72.1. The molecular weight excluding hydrogens is 1110 g/mol. The maximum Gasteiger partial charge on any atom is 0.326 e. The minimum atomic E-state index is -1.72. The summed E-state index contributed by atoms with van der Waals surface area (Å²) in [5, 5.41) is 42.1. The number of carboxylic acids is 1. The molecule has 1 aromatic carbocycles. The van der Waals surface area contributed by atoms with Crippen LogP contribution in [0.25, 0.3) is 10.9 Å². The van der Waals surface area contributed by atoms with Crippen molar-refractivity contribution in [1.82, 2.24) is 47.5 Å². The molecular formula is C52H90N22O11. The number of hydrogen-bond donors (Lipinski definition) is 20. The van der Waals surface area contributed by atoms with Crippen LogP contribution >= 0.6 is 0 Å². The van der Waals surface area contributed by atoms with Crippen LogP contribution in [0.3, 0.4) is 0 Å². The summed E-state index contributed by atoms with van der Waals surface area (Å²) in [4.78, 5) is 143. The van der Waals surface area contributed by atoms with E-state index in [1.165, 1.54) is 6.92 Å². The average molecular weight is 1200 g/mol. The molecule has 0 aliphatic carbocycles. The summed E-state index contributed by atoms with van der Waals surface area (Å²) < 4.78 is 0. The molecule has 0 fully saturated rings. The predicted octanol–water partition coefficient (Wildman–Crippen LogP) is -6.07. The zero-order chi connectivity index (χ0) is 63.9. The van der Waals surface area contributed by atoms with Gasteiger partial charge in [-0.1, -0.05) is 45.9 Å². The van der Waals surface area contributed by atoms with Crippen LogP contribution in [-0.4, -0.2) is 179 Å². The summed E-state index contributed by atoms with van der Waals surface area (Å²) in [7, 11) is 0. The van der Waals surface area contributed by atoms with Gasteiger partial charge in [-0.25, -0.2) is 4.79 Å². The van der Waals surface area contributed by atoms with Gasteiger partial charge in [0.15, 0.2) is 23.8 Å². The number of hydrogen-bond acceptors (Lipinski definition) is 15. The fourth-order valence-electron chi connectivity index (χ4n) is 8.55. The number of nitrogens with one attached hydrogen (secondary N) is 9. The number of guanidine groups is 4. The van der Waals surface area contributed by atoms with Crippen molar-refractivity contribution < 1.29 is 53.4 Å². The van der Waals surface area contributed by atoms with Gasteiger partial charge in [-0.3, -0.25) is 58.3 Å². The molecule has 0 bridgehead atoms. The summed E-state index contributed by atoms with van der Waals surface area (Å²) in [6, 6.07) is -4.26. The monoisotopic (exact) mass is 1200 g/mol. The van der Waals surface area contributed by atoms with E-state index in [-0.39, 0.29) is 120 Å². The summed E-state index contributed by atoms with van der Waals surface area (Å²) in [6.07, 6.45) is 0.261. The first-order chi connectivity index (χ1) is 40.0. The number of fused-ring (bicyclic) bond motifs is 1.